The maximum atomic E-state index is 12.4. The number of hydrogen-bond donors (Lipinski definition) is 0. The van der Waals surface area contributed by atoms with Crippen LogP contribution >= 0.6 is 0 Å². The quantitative estimate of drug-likeness (QED) is 0.804. The molecule has 1 fully saturated rings. The van der Waals surface area contributed by atoms with E-state index in [1.807, 2.05) is 0 Å². The molecule has 6 heteroatoms. The van der Waals surface area contributed by atoms with Crippen LogP contribution in [-0.4, -0.2) is 36.6 Å². The van der Waals surface area contributed by atoms with E-state index in [1.165, 1.54) is 28.8 Å². The molecule has 98 valence electrons. The number of Topliss-reactive ketones (excluding diaryl/α,β-unsaturated/α-hetero) is 1. The van der Waals surface area contributed by atoms with Crippen LogP contribution in [0.25, 0.3) is 0 Å². The highest BCUT2D eigenvalue weighted by atomic mass is 32.2. The molecule has 2 heterocycles. The van der Waals surface area contributed by atoms with Gasteiger partial charge >= 0.3 is 0 Å². The minimum atomic E-state index is -3.52. The van der Waals surface area contributed by atoms with Gasteiger partial charge in [0, 0.05) is 37.3 Å². The number of carbonyl (C=O) groups is 1. The summed E-state index contributed by atoms with van der Waals surface area (Å²) in [7, 11) is -3.52. The molecule has 2 rings (SSSR count). The zero-order valence-corrected chi connectivity index (χ0v) is 11.3. The van der Waals surface area contributed by atoms with Gasteiger partial charge in [0.1, 0.15) is 5.78 Å². The van der Waals surface area contributed by atoms with Crippen LogP contribution in [0.2, 0.25) is 0 Å². The molecule has 1 aliphatic rings. The number of ketones is 1. The molecule has 0 aliphatic carbocycles. The van der Waals surface area contributed by atoms with Crippen LogP contribution in [-0.2, 0) is 14.8 Å². The lowest BCUT2D eigenvalue weighted by molar-refractivity contribution is -0.129. The zero-order chi connectivity index (χ0) is 13.4. The molecule has 0 atom stereocenters. The Labute approximate surface area is 107 Å². The monoisotopic (exact) mass is 268 g/mol. The second-order valence-electron chi connectivity index (χ2n) is 5.08. The molecule has 1 saturated heterocycles. The van der Waals surface area contributed by atoms with E-state index < -0.39 is 15.4 Å². The van der Waals surface area contributed by atoms with Crippen molar-refractivity contribution in [3.05, 3.63) is 24.5 Å². The van der Waals surface area contributed by atoms with Crippen molar-refractivity contribution in [1.29, 1.82) is 0 Å². The van der Waals surface area contributed by atoms with Crippen LogP contribution in [0.5, 0.6) is 0 Å². The third-order valence-corrected chi connectivity index (χ3v) is 5.06. The molecular formula is C12H16N2O3S. The van der Waals surface area contributed by atoms with Crippen LogP contribution < -0.4 is 0 Å². The Morgan fingerprint density at radius 2 is 1.89 bits per heavy atom. The summed E-state index contributed by atoms with van der Waals surface area (Å²) < 4.78 is 26.1. The first kappa shape index (κ1) is 13.2. The fourth-order valence-electron chi connectivity index (χ4n) is 2.04. The van der Waals surface area contributed by atoms with Crippen molar-refractivity contribution in [2.45, 2.75) is 25.2 Å². The van der Waals surface area contributed by atoms with Gasteiger partial charge in [0.25, 0.3) is 0 Å². The third kappa shape index (κ3) is 2.30. The van der Waals surface area contributed by atoms with Gasteiger partial charge in [-0.15, -0.1) is 0 Å². The van der Waals surface area contributed by atoms with Crippen LogP contribution in [0.3, 0.4) is 0 Å². The number of pyridine rings is 1. The second-order valence-corrected chi connectivity index (χ2v) is 7.02. The predicted molar refractivity (Wildman–Crippen MR) is 66.4 cm³/mol. The number of hydrogen-bond acceptors (Lipinski definition) is 4. The average molecular weight is 268 g/mol. The number of aromatic nitrogens is 1. The number of sulfonamides is 1. The molecule has 18 heavy (non-hydrogen) atoms. The van der Waals surface area contributed by atoms with Crippen molar-refractivity contribution in [3.8, 4) is 0 Å². The van der Waals surface area contributed by atoms with Crippen molar-refractivity contribution in [2.75, 3.05) is 13.1 Å². The fraction of sp³-hybridized carbons (Fsp3) is 0.500. The van der Waals surface area contributed by atoms with Gasteiger partial charge in [-0.25, -0.2) is 8.42 Å². The third-order valence-electron chi connectivity index (χ3n) is 3.20. The lowest BCUT2D eigenvalue weighted by atomic mass is 9.84. The molecule has 0 aromatic carbocycles. The first-order chi connectivity index (χ1) is 8.34. The Morgan fingerprint density at radius 3 is 2.44 bits per heavy atom. The first-order valence-electron chi connectivity index (χ1n) is 5.77. The summed E-state index contributed by atoms with van der Waals surface area (Å²) in [4.78, 5) is 15.7. The SMILES string of the molecule is CC1(C)CN(S(=O)(=O)c2ccncc2)CCC1=O. The standard InChI is InChI=1S/C12H16N2O3S/c1-12(2)9-14(8-5-11(12)15)18(16,17)10-3-6-13-7-4-10/h3-4,6-7H,5,8-9H2,1-2H3. The lowest BCUT2D eigenvalue weighted by Gasteiger charge is -2.35. The minimum absolute atomic E-state index is 0.115. The van der Waals surface area contributed by atoms with Gasteiger partial charge in [0.05, 0.1) is 4.90 Å². The molecule has 5 nitrogen and oxygen atoms in total. The molecule has 1 aliphatic heterocycles. The van der Waals surface area contributed by atoms with E-state index in [2.05, 4.69) is 4.98 Å². The Balaban J connectivity index is 2.30. The van der Waals surface area contributed by atoms with Gasteiger partial charge in [-0.05, 0) is 12.1 Å². The Hall–Kier alpha value is -1.27. The highest BCUT2D eigenvalue weighted by molar-refractivity contribution is 7.89. The zero-order valence-electron chi connectivity index (χ0n) is 10.5. The number of piperidine rings is 1. The normalized spacial score (nSPS) is 20.9. The van der Waals surface area contributed by atoms with Crippen molar-refractivity contribution in [1.82, 2.24) is 9.29 Å². The van der Waals surface area contributed by atoms with Crippen LogP contribution in [0.4, 0.5) is 0 Å². The molecule has 0 bridgehead atoms. The minimum Gasteiger partial charge on any atom is -0.299 e. The molecule has 1 aromatic heterocycles. The van der Waals surface area contributed by atoms with Crippen molar-refractivity contribution >= 4 is 15.8 Å². The van der Waals surface area contributed by atoms with Crippen molar-refractivity contribution in [2.24, 2.45) is 5.41 Å². The van der Waals surface area contributed by atoms with Crippen LogP contribution in [0, 0.1) is 5.41 Å². The van der Waals surface area contributed by atoms with E-state index in [-0.39, 0.29) is 30.2 Å². The average Bonchev–Trinajstić information content (AvgIpc) is 2.33. The molecule has 0 amide bonds. The molecule has 1 aromatic rings. The van der Waals surface area contributed by atoms with E-state index in [1.54, 1.807) is 13.8 Å². The number of carbonyl (C=O) groups excluding carboxylic acids is 1. The molecule has 0 unspecified atom stereocenters. The summed E-state index contributed by atoms with van der Waals surface area (Å²) in [6.07, 6.45) is 3.18. The maximum absolute atomic E-state index is 12.4. The van der Waals surface area contributed by atoms with Gasteiger partial charge in [-0.3, -0.25) is 9.78 Å². The smallest absolute Gasteiger partial charge is 0.243 e. The summed E-state index contributed by atoms with van der Waals surface area (Å²) in [5, 5.41) is 0. The molecule has 0 radical (unpaired) electrons. The maximum Gasteiger partial charge on any atom is 0.243 e. The van der Waals surface area contributed by atoms with E-state index in [0.29, 0.717) is 0 Å². The first-order valence-corrected chi connectivity index (χ1v) is 7.21. The summed E-state index contributed by atoms with van der Waals surface area (Å²) in [6.45, 7) is 4.05. The highest BCUT2D eigenvalue weighted by Crippen LogP contribution is 2.29. The summed E-state index contributed by atoms with van der Waals surface area (Å²) in [6, 6.07) is 2.94. The van der Waals surface area contributed by atoms with Gasteiger partial charge < -0.3 is 0 Å². The molecule has 0 N–H and O–H groups in total. The number of rotatable bonds is 2. The van der Waals surface area contributed by atoms with E-state index in [0.717, 1.165) is 0 Å². The van der Waals surface area contributed by atoms with E-state index in [9.17, 15) is 13.2 Å². The highest BCUT2D eigenvalue weighted by Gasteiger charge is 2.39. The lowest BCUT2D eigenvalue weighted by Crippen LogP contribution is -2.48. The van der Waals surface area contributed by atoms with Gasteiger partial charge in [0.15, 0.2) is 0 Å². The Kier molecular flexibility index (Phi) is 3.25. The fourth-order valence-corrected chi connectivity index (χ4v) is 3.63. The van der Waals surface area contributed by atoms with E-state index >= 15 is 0 Å². The topological polar surface area (TPSA) is 67.3 Å². The van der Waals surface area contributed by atoms with Gasteiger partial charge in [0.2, 0.25) is 10.0 Å². The van der Waals surface area contributed by atoms with Gasteiger partial charge in [-0.1, -0.05) is 13.8 Å². The molecule has 0 saturated carbocycles. The predicted octanol–water partition coefficient (Wildman–Crippen LogP) is 1.07. The largest absolute Gasteiger partial charge is 0.299 e. The van der Waals surface area contributed by atoms with Crippen molar-refractivity contribution in [3.63, 3.8) is 0 Å². The number of nitrogens with zero attached hydrogens (tertiary/aromatic N) is 2. The summed E-state index contributed by atoms with van der Waals surface area (Å²) >= 11 is 0. The summed E-state index contributed by atoms with van der Waals surface area (Å²) in [5.74, 6) is 0.115. The Bertz CT molecular complexity index is 552. The van der Waals surface area contributed by atoms with E-state index in [4.69, 9.17) is 0 Å². The van der Waals surface area contributed by atoms with Crippen molar-refractivity contribution < 1.29 is 13.2 Å². The molecular weight excluding hydrogens is 252 g/mol. The second kappa shape index (κ2) is 4.44. The Morgan fingerprint density at radius 1 is 1.28 bits per heavy atom. The molecule has 0 spiro atoms. The van der Waals surface area contributed by atoms with Gasteiger partial charge in [-0.2, -0.15) is 4.31 Å². The summed E-state index contributed by atoms with van der Waals surface area (Å²) in [5.41, 5.74) is -0.613. The van der Waals surface area contributed by atoms with Crippen LogP contribution in [0.15, 0.2) is 29.4 Å². The van der Waals surface area contributed by atoms with Crippen LogP contribution in [0.1, 0.15) is 20.3 Å².